The normalized spacial score (nSPS) is 11.9. The van der Waals surface area contributed by atoms with Gasteiger partial charge in [-0.15, -0.1) is 0 Å². The number of rotatable bonds is 7. The highest BCUT2D eigenvalue weighted by atomic mass is 32.1. The summed E-state index contributed by atoms with van der Waals surface area (Å²) in [4.78, 5) is 13.3. The van der Waals surface area contributed by atoms with E-state index in [0.717, 1.165) is 17.1 Å². The Morgan fingerprint density at radius 2 is 2.14 bits per heavy atom. The van der Waals surface area contributed by atoms with Crippen LogP contribution in [0.3, 0.4) is 0 Å². The van der Waals surface area contributed by atoms with Gasteiger partial charge in [0.2, 0.25) is 0 Å². The van der Waals surface area contributed by atoms with Crippen molar-refractivity contribution in [3.05, 3.63) is 46.7 Å². The molecule has 1 unspecified atom stereocenters. The Morgan fingerprint density at radius 1 is 1.33 bits per heavy atom. The fraction of sp³-hybridized carbons (Fsp3) is 0.312. The van der Waals surface area contributed by atoms with Gasteiger partial charge in [0.05, 0.1) is 19.3 Å². The number of carbonyl (C=O) groups excluding carboxylic acids is 1. The predicted octanol–water partition coefficient (Wildman–Crippen LogP) is 1.80. The van der Waals surface area contributed by atoms with Crippen LogP contribution < -0.4 is 15.0 Å². The third kappa shape index (κ3) is 4.88. The Hall–Kier alpha value is -1.85. The lowest BCUT2D eigenvalue weighted by Gasteiger charge is -2.14. The number of carbonyl (C=O) groups is 1. The number of anilines is 1. The van der Waals surface area contributed by atoms with Crippen molar-refractivity contribution < 1.29 is 14.4 Å². The van der Waals surface area contributed by atoms with E-state index >= 15 is 0 Å². The highest BCUT2D eigenvalue weighted by molar-refractivity contribution is 7.07. The smallest absolute Gasteiger partial charge is 0.279 e. The van der Waals surface area contributed by atoms with Crippen LogP contribution in [0.1, 0.15) is 12.5 Å². The third-order valence-electron chi connectivity index (χ3n) is 3.01. The second-order valence-electron chi connectivity index (χ2n) is 4.92. The van der Waals surface area contributed by atoms with Crippen molar-refractivity contribution >= 4 is 22.9 Å². The van der Waals surface area contributed by atoms with E-state index in [-0.39, 0.29) is 5.91 Å². The first-order valence-electron chi connectivity index (χ1n) is 7.03. The molecule has 112 valence electrons. The Bertz CT molecular complexity index is 569. The Balaban J connectivity index is 1.89. The summed E-state index contributed by atoms with van der Waals surface area (Å²) >= 11 is 1.68. The quantitative estimate of drug-likeness (QED) is 0.819. The minimum absolute atomic E-state index is 0.00474. The minimum Gasteiger partial charge on any atom is -0.492 e. The van der Waals surface area contributed by atoms with Crippen molar-refractivity contribution in [1.29, 1.82) is 0 Å². The van der Waals surface area contributed by atoms with E-state index in [1.54, 1.807) is 11.3 Å². The summed E-state index contributed by atoms with van der Waals surface area (Å²) in [5, 5.41) is 7.10. The van der Waals surface area contributed by atoms with Crippen LogP contribution in [0.15, 0.2) is 41.1 Å². The number of nitrogens with one attached hydrogen (secondary N) is 2. The zero-order valence-corrected chi connectivity index (χ0v) is 13.2. The summed E-state index contributed by atoms with van der Waals surface area (Å²) in [5.74, 6) is 0.707. The lowest BCUT2D eigenvalue weighted by molar-refractivity contribution is -0.885. The topological polar surface area (TPSA) is 42.8 Å². The van der Waals surface area contributed by atoms with Crippen molar-refractivity contribution in [2.45, 2.75) is 13.5 Å². The predicted molar refractivity (Wildman–Crippen MR) is 86.0 cm³/mol. The molecule has 0 saturated heterocycles. The average Bonchev–Trinajstić information content (AvgIpc) is 2.93. The summed E-state index contributed by atoms with van der Waals surface area (Å²) in [6, 6.07) is 9.60. The van der Waals surface area contributed by atoms with Crippen LogP contribution in [-0.4, -0.2) is 26.1 Å². The SMILES string of the molecule is CCOc1ccccc1NC(=O)C[NH+](C)Cc1ccsc1. The molecule has 2 N–H and O–H groups in total. The molecule has 4 nitrogen and oxygen atoms in total. The van der Waals surface area contributed by atoms with Crippen LogP contribution >= 0.6 is 11.3 Å². The molecule has 21 heavy (non-hydrogen) atoms. The van der Waals surface area contributed by atoms with Gasteiger partial charge >= 0.3 is 0 Å². The van der Waals surface area contributed by atoms with E-state index in [1.807, 2.05) is 38.2 Å². The average molecular weight is 305 g/mol. The second-order valence-corrected chi connectivity index (χ2v) is 5.70. The van der Waals surface area contributed by atoms with E-state index in [1.165, 1.54) is 5.56 Å². The molecular formula is C16H21N2O2S+. The maximum absolute atomic E-state index is 12.1. The van der Waals surface area contributed by atoms with Crippen LogP contribution in [0.4, 0.5) is 5.69 Å². The largest absolute Gasteiger partial charge is 0.492 e. The number of thiophene rings is 1. The fourth-order valence-corrected chi connectivity index (χ4v) is 2.79. The summed E-state index contributed by atoms with van der Waals surface area (Å²) in [6.07, 6.45) is 0. The van der Waals surface area contributed by atoms with Crippen molar-refractivity contribution in [2.24, 2.45) is 0 Å². The molecule has 0 radical (unpaired) electrons. The molecule has 2 aromatic rings. The fourth-order valence-electron chi connectivity index (χ4n) is 2.12. The number of likely N-dealkylation sites (N-methyl/N-ethyl adjacent to an activating group) is 1. The zero-order chi connectivity index (χ0) is 15.1. The van der Waals surface area contributed by atoms with Crippen molar-refractivity contribution in [1.82, 2.24) is 0 Å². The molecule has 0 aliphatic heterocycles. The van der Waals surface area contributed by atoms with E-state index in [0.29, 0.717) is 18.9 Å². The van der Waals surface area contributed by atoms with Gasteiger partial charge in [-0.1, -0.05) is 12.1 Å². The number of benzene rings is 1. The number of ether oxygens (including phenoxy) is 1. The van der Waals surface area contributed by atoms with Crippen molar-refractivity contribution in [3.8, 4) is 5.75 Å². The number of quaternary nitrogens is 1. The molecule has 1 heterocycles. The molecule has 0 fully saturated rings. The number of para-hydroxylation sites is 2. The van der Waals surface area contributed by atoms with E-state index in [4.69, 9.17) is 4.74 Å². The van der Waals surface area contributed by atoms with Gasteiger partial charge in [-0.3, -0.25) is 4.79 Å². The van der Waals surface area contributed by atoms with Crippen molar-refractivity contribution in [3.63, 3.8) is 0 Å². The summed E-state index contributed by atoms with van der Waals surface area (Å²) in [6.45, 7) is 3.79. The first-order chi connectivity index (χ1) is 10.2. The van der Waals surface area contributed by atoms with Gasteiger partial charge in [-0.2, -0.15) is 11.3 Å². The second kappa shape index (κ2) is 7.81. The lowest BCUT2D eigenvalue weighted by atomic mass is 10.3. The molecule has 0 saturated carbocycles. The maximum atomic E-state index is 12.1. The number of hydrogen-bond acceptors (Lipinski definition) is 3. The summed E-state index contributed by atoms with van der Waals surface area (Å²) in [7, 11) is 2.02. The van der Waals surface area contributed by atoms with Crippen LogP contribution in [0, 0.1) is 0 Å². The highest BCUT2D eigenvalue weighted by Crippen LogP contribution is 2.23. The van der Waals surface area contributed by atoms with Crippen molar-refractivity contribution in [2.75, 3.05) is 25.5 Å². The molecule has 1 atom stereocenters. The molecule has 0 bridgehead atoms. The molecular weight excluding hydrogens is 284 g/mol. The Labute approximate surface area is 129 Å². The zero-order valence-electron chi connectivity index (χ0n) is 12.4. The molecule has 1 aromatic carbocycles. The molecule has 1 aromatic heterocycles. The van der Waals surface area contributed by atoms with E-state index in [9.17, 15) is 4.79 Å². The Kier molecular flexibility index (Phi) is 5.78. The van der Waals surface area contributed by atoms with Gasteiger partial charge < -0.3 is 15.0 Å². The molecule has 5 heteroatoms. The van der Waals surface area contributed by atoms with E-state index < -0.39 is 0 Å². The molecule has 0 aliphatic rings. The molecule has 0 spiro atoms. The van der Waals surface area contributed by atoms with Crippen LogP contribution in [0.5, 0.6) is 5.75 Å². The monoisotopic (exact) mass is 305 g/mol. The molecule has 0 aliphatic carbocycles. The van der Waals surface area contributed by atoms with Crippen LogP contribution in [-0.2, 0) is 11.3 Å². The van der Waals surface area contributed by atoms with E-state index in [2.05, 4.69) is 22.1 Å². The van der Waals surface area contributed by atoms with Gasteiger partial charge in [0.1, 0.15) is 12.3 Å². The third-order valence-corrected chi connectivity index (χ3v) is 3.74. The van der Waals surface area contributed by atoms with Gasteiger partial charge in [0.15, 0.2) is 6.54 Å². The number of hydrogen-bond donors (Lipinski definition) is 2. The highest BCUT2D eigenvalue weighted by Gasteiger charge is 2.13. The first-order valence-corrected chi connectivity index (χ1v) is 7.97. The van der Waals surface area contributed by atoms with Crippen LogP contribution in [0.2, 0.25) is 0 Å². The van der Waals surface area contributed by atoms with Gasteiger partial charge in [-0.25, -0.2) is 0 Å². The van der Waals surface area contributed by atoms with Gasteiger partial charge in [0, 0.05) is 5.56 Å². The standard InChI is InChI=1S/C16H20N2O2S/c1-3-20-15-7-5-4-6-14(15)17-16(19)11-18(2)10-13-8-9-21-12-13/h4-9,12H,3,10-11H2,1-2H3,(H,17,19)/p+1. The molecule has 1 amide bonds. The van der Waals surface area contributed by atoms with Gasteiger partial charge in [0.25, 0.3) is 5.91 Å². The lowest BCUT2D eigenvalue weighted by Crippen LogP contribution is -3.08. The first kappa shape index (κ1) is 15.5. The molecule has 2 rings (SSSR count). The van der Waals surface area contributed by atoms with Crippen LogP contribution in [0.25, 0.3) is 0 Å². The summed E-state index contributed by atoms with van der Waals surface area (Å²) in [5.41, 5.74) is 1.99. The summed E-state index contributed by atoms with van der Waals surface area (Å²) < 4.78 is 5.51. The Morgan fingerprint density at radius 3 is 2.86 bits per heavy atom. The minimum atomic E-state index is -0.00474. The number of amides is 1. The van der Waals surface area contributed by atoms with Gasteiger partial charge in [-0.05, 0) is 35.9 Å². The maximum Gasteiger partial charge on any atom is 0.279 e.